The summed E-state index contributed by atoms with van der Waals surface area (Å²) in [7, 11) is 2.72. The molecule has 0 aliphatic carbocycles. The van der Waals surface area contributed by atoms with Crippen LogP contribution in [0.25, 0.3) is 0 Å². The van der Waals surface area contributed by atoms with Crippen LogP contribution in [-0.2, 0) is 14.3 Å². The van der Waals surface area contributed by atoms with Crippen LogP contribution in [0.15, 0.2) is 33.6 Å². The Morgan fingerprint density at radius 3 is 2.50 bits per heavy atom. The highest BCUT2D eigenvalue weighted by atomic mass is 16.6. The maximum Gasteiger partial charge on any atom is 0.352 e. The monoisotopic (exact) mass is 426 g/mol. The lowest BCUT2D eigenvalue weighted by Crippen LogP contribution is -2.56. The number of aromatic amines is 1. The molecular formula is C17H22N4O9. The number of amides is 1. The molecule has 1 aromatic rings. The first-order valence-electron chi connectivity index (χ1n) is 8.97. The molecule has 2 aliphatic rings. The van der Waals surface area contributed by atoms with Gasteiger partial charge in [0.1, 0.15) is 36.2 Å². The van der Waals surface area contributed by atoms with E-state index in [1.165, 1.54) is 25.1 Å². The van der Waals surface area contributed by atoms with Crippen LogP contribution in [-0.4, -0.2) is 103 Å². The fourth-order valence-corrected chi connectivity index (χ4v) is 3.63. The number of carbonyl (C=O) groups excluding carboxylic acids is 1. The molecular weight excluding hydrogens is 404 g/mol. The largest absolute Gasteiger partial charge is 0.477 e. The first-order valence-corrected chi connectivity index (χ1v) is 8.97. The Labute approximate surface area is 169 Å². The van der Waals surface area contributed by atoms with Crippen molar-refractivity contribution in [1.82, 2.24) is 19.4 Å². The molecule has 6 atom stereocenters. The number of hydrogen-bond acceptors (Lipinski definition) is 9. The number of carbonyl (C=O) groups is 2. The number of aliphatic hydroxyl groups excluding tert-OH is 3. The van der Waals surface area contributed by atoms with Gasteiger partial charge in [0.2, 0.25) is 5.91 Å². The summed E-state index contributed by atoms with van der Waals surface area (Å²) in [6, 6.07) is -0.286. The van der Waals surface area contributed by atoms with Gasteiger partial charge in [-0.25, -0.2) is 9.59 Å². The Morgan fingerprint density at radius 1 is 1.23 bits per heavy atom. The molecule has 164 valence electrons. The van der Waals surface area contributed by atoms with Crippen molar-refractivity contribution in [3.63, 3.8) is 0 Å². The standard InChI is InChI=1S/C17H22N4O9/c1-19-5-3-7(16(27)28)20(2)14(26)9(19)10(23)13-11(24)12(25)15(30-13)21-6-4-8(22)18-17(21)29/h3-4,6,9-13,15,23-25H,5H2,1-2H3,(H,27,28)(H,18,22,29)/t9-,10-,11-,12+,13+,15+/m0/s1. The topological polar surface area (TPSA) is 186 Å². The van der Waals surface area contributed by atoms with Crippen molar-refractivity contribution in [2.75, 3.05) is 20.6 Å². The number of nitrogens with zero attached hydrogens (tertiary/aromatic N) is 3. The van der Waals surface area contributed by atoms with Gasteiger partial charge in [0.15, 0.2) is 6.23 Å². The second-order valence-corrected chi connectivity index (χ2v) is 7.16. The SMILES string of the molecule is CN1C(=O)[C@H]([C@H](O)[C@H]2O[C@@H](n3ccc(=O)[nH]c3=O)[C@H](O)[C@@H]2O)N(C)CC=C1C(=O)O. The van der Waals surface area contributed by atoms with E-state index in [1.54, 1.807) is 0 Å². The van der Waals surface area contributed by atoms with Crippen molar-refractivity contribution in [3.05, 3.63) is 44.9 Å². The minimum atomic E-state index is -1.68. The second-order valence-electron chi connectivity index (χ2n) is 7.16. The quantitative estimate of drug-likeness (QED) is 0.320. The summed E-state index contributed by atoms with van der Waals surface area (Å²) in [5.74, 6) is -2.08. The first kappa shape index (κ1) is 21.9. The molecule has 0 saturated carbocycles. The molecule has 1 aromatic heterocycles. The first-order chi connectivity index (χ1) is 14.0. The summed E-state index contributed by atoms with van der Waals surface area (Å²) in [4.78, 5) is 51.6. The molecule has 1 amide bonds. The number of likely N-dealkylation sites (N-methyl/N-ethyl adjacent to an activating group) is 2. The van der Waals surface area contributed by atoms with Crippen molar-refractivity contribution >= 4 is 11.9 Å². The Morgan fingerprint density at radius 2 is 1.90 bits per heavy atom. The van der Waals surface area contributed by atoms with Gasteiger partial charge in [-0.05, 0) is 13.1 Å². The fourth-order valence-electron chi connectivity index (χ4n) is 3.63. The number of hydrogen-bond donors (Lipinski definition) is 5. The van der Waals surface area contributed by atoms with E-state index in [4.69, 9.17) is 4.74 Å². The normalized spacial score (nSPS) is 31.4. The average molecular weight is 426 g/mol. The Hall–Kier alpha value is -2.84. The molecule has 3 heterocycles. The third-order valence-electron chi connectivity index (χ3n) is 5.27. The maximum absolute atomic E-state index is 12.8. The third-order valence-corrected chi connectivity index (χ3v) is 5.27. The molecule has 0 radical (unpaired) electrons. The van der Waals surface area contributed by atoms with E-state index in [0.717, 1.165) is 21.7 Å². The van der Waals surface area contributed by atoms with Gasteiger partial charge in [0.05, 0.1) is 0 Å². The highest BCUT2D eigenvalue weighted by Crippen LogP contribution is 2.32. The number of carboxylic acid groups (broad SMARTS) is 1. The van der Waals surface area contributed by atoms with Crippen LogP contribution in [0.4, 0.5) is 0 Å². The lowest BCUT2D eigenvalue weighted by atomic mass is 9.98. The number of nitrogens with one attached hydrogen (secondary N) is 1. The third kappa shape index (κ3) is 3.68. The summed E-state index contributed by atoms with van der Waals surface area (Å²) in [5, 5.41) is 40.9. The molecule has 13 nitrogen and oxygen atoms in total. The van der Waals surface area contributed by atoms with Crippen LogP contribution in [0.1, 0.15) is 6.23 Å². The molecule has 1 fully saturated rings. The van der Waals surface area contributed by atoms with Crippen LogP contribution in [0, 0.1) is 0 Å². The van der Waals surface area contributed by atoms with Gasteiger partial charge in [-0.2, -0.15) is 0 Å². The van der Waals surface area contributed by atoms with Crippen LogP contribution in [0.5, 0.6) is 0 Å². The molecule has 1 saturated heterocycles. The summed E-state index contributed by atoms with van der Waals surface area (Å²) >= 11 is 0. The van der Waals surface area contributed by atoms with Gasteiger partial charge >= 0.3 is 11.7 Å². The molecule has 0 spiro atoms. The zero-order chi connectivity index (χ0) is 22.3. The lowest BCUT2D eigenvalue weighted by Gasteiger charge is -2.34. The number of aromatic nitrogens is 2. The van der Waals surface area contributed by atoms with E-state index in [2.05, 4.69) is 0 Å². The highest BCUT2D eigenvalue weighted by Gasteiger charge is 2.51. The smallest absolute Gasteiger partial charge is 0.352 e. The van der Waals surface area contributed by atoms with E-state index in [9.17, 15) is 39.6 Å². The number of rotatable bonds is 4. The van der Waals surface area contributed by atoms with E-state index in [0.29, 0.717) is 0 Å². The zero-order valence-corrected chi connectivity index (χ0v) is 16.1. The van der Waals surface area contributed by atoms with Crippen molar-refractivity contribution in [1.29, 1.82) is 0 Å². The second kappa shape index (κ2) is 8.12. The minimum absolute atomic E-state index is 0.00756. The van der Waals surface area contributed by atoms with Crippen molar-refractivity contribution in [2.45, 2.75) is 36.7 Å². The average Bonchev–Trinajstić information content (AvgIpc) is 2.90. The molecule has 2 aliphatic heterocycles. The number of H-pyrrole nitrogens is 1. The molecule has 5 N–H and O–H groups in total. The van der Waals surface area contributed by atoms with Gasteiger partial charge in [-0.15, -0.1) is 0 Å². The van der Waals surface area contributed by atoms with Gasteiger partial charge < -0.3 is 30.1 Å². The molecule has 0 aromatic carbocycles. The van der Waals surface area contributed by atoms with Crippen LogP contribution in [0.2, 0.25) is 0 Å². The highest BCUT2D eigenvalue weighted by molar-refractivity contribution is 5.95. The maximum atomic E-state index is 12.8. The van der Waals surface area contributed by atoms with Crippen LogP contribution in [0.3, 0.4) is 0 Å². The van der Waals surface area contributed by atoms with E-state index >= 15 is 0 Å². The Bertz CT molecular complexity index is 986. The molecule has 3 rings (SSSR count). The molecule has 13 heteroatoms. The summed E-state index contributed by atoms with van der Waals surface area (Å²) < 4.78 is 6.36. The molecule has 0 unspecified atom stereocenters. The summed E-state index contributed by atoms with van der Waals surface area (Å²) in [5.41, 5.74) is -1.84. The van der Waals surface area contributed by atoms with Crippen molar-refractivity contribution in [2.24, 2.45) is 0 Å². The molecule has 30 heavy (non-hydrogen) atoms. The predicted octanol–water partition coefficient (Wildman–Crippen LogP) is -3.74. The van der Waals surface area contributed by atoms with E-state index < -0.39 is 59.8 Å². The number of aliphatic carboxylic acids is 1. The van der Waals surface area contributed by atoms with Gasteiger partial charge in [0, 0.05) is 25.9 Å². The van der Waals surface area contributed by atoms with Crippen molar-refractivity contribution in [3.8, 4) is 0 Å². The van der Waals surface area contributed by atoms with E-state index in [1.807, 2.05) is 4.98 Å². The summed E-state index contributed by atoms with van der Waals surface area (Å²) in [6.07, 6.45) is -5.55. The minimum Gasteiger partial charge on any atom is -0.477 e. The Kier molecular flexibility index (Phi) is 5.92. The number of aliphatic hydroxyl groups is 3. The van der Waals surface area contributed by atoms with Gasteiger partial charge in [0.25, 0.3) is 5.56 Å². The lowest BCUT2D eigenvalue weighted by molar-refractivity contribution is -0.149. The molecule has 0 bridgehead atoms. The zero-order valence-electron chi connectivity index (χ0n) is 16.1. The van der Waals surface area contributed by atoms with Crippen molar-refractivity contribution < 1.29 is 34.8 Å². The van der Waals surface area contributed by atoms with E-state index in [-0.39, 0.29) is 12.2 Å². The fraction of sp³-hybridized carbons (Fsp3) is 0.529. The Balaban J connectivity index is 1.88. The number of ether oxygens (including phenoxy) is 1. The van der Waals surface area contributed by atoms with Gasteiger partial charge in [-0.3, -0.25) is 24.0 Å². The predicted molar refractivity (Wildman–Crippen MR) is 98.2 cm³/mol. The van der Waals surface area contributed by atoms with Crippen LogP contribution >= 0.6 is 0 Å². The number of carboxylic acids is 1. The van der Waals surface area contributed by atoms with Gasteiger partial charge in [-0.1, -0.05) is 0 Å². The summed E-state index contributed by atoms with van der Waals surface area (Å²) in [6.45, 7) is 0.00756. The van der Waals surface area contributed by atoms with Crippen LogP contribution < -0.4 is 11.2 Å².